The van der Waals surface area contributed by atoms with E-state index in [0.717, 1.165) is 24.2 Å². The lowest BCUT2D eigenvalue weighted by atomic mass is 9.88. The third-order valence-electron chi connectivity index (χ3n) is 4.63. The Labute approximate surface area is 151 Å². The molecule has 3 nitrogen and oxygen atoms in total. The molecule has 2 aromatic carbocycles. The minimum absolute atomic E-state index is 0.0531. The van der Waals surface area contributed by atoms with Gasteiger partial charge in [0.2, 0.25) is 0 Å². The standard InChI is InChI=1S/C22H27N3/c1-5-13-25-21-12-11-18(14-20(21)17(2)15-22(25,3)4)16-23-24-19-9-7-6-8-10-19/h6-12,14-16,24H,5,13H2,1-4H3/b23-16-. The van der Waals surface area contributed by atoms with E-state index in [1.54, 1.807) is 0 Å². The molecule has 0 saturated heterocycles. The molecule has 3 rings (SSSR count). The molecule has 130 valence electrons. The number of benzene rings is 2. The van der Waals surface area contributed by atoms with Crippen molar-refractivity contribution >= 4 is 23.2 Å². The van der Waals surface area contributed by atoms with Gasteiger partial charge in [0.05, 0.1) is 17.4 Å². The first kappa shape index (κ1) is 17.3. The maximum atomic E-state index is 4.36. The molecule has 0 atom stereocenters. The molecular formula is C22H27N3. The first-order chi connectivity index (χ1) is 12.0. The molecule has 0 aliphatic carbocycles. The molecule has 2 aromatic rings. The van der Waals surface area contributed by atoms with Crippen LogP contribution in [0.25, 0.3) is 5.57 Å². The molecule has 0 aromatic heterocycles. The van der Waals surface area contributed by atoms with Crippen LogP contribution in [0.15, 0.2) is 59.7 Å². The fraction of sp³-hybridized carbons (Fsp3) is 0.318. The summed E-state index contributed by atoms with van der Waals surface area (Å²) in [6, 6.07) is 16.6. The van der Waals surface area contributed by atoms with Crippen LogP contribution in [-0.2, 0) is 0 Å². The normalized spacial score (nSPS) is 15.8. The van der Waals surface area contributed by atoms with Gasteiger partial charge in [-0.1, -0.05) is 37.3 Å². The average molecular weight is 333 g/mol. The highest BCUT2D eigenvalue weighted by atomic mass is 15.3. The molecule has 0 saturated carbocycles. The molecule has 0 radical (unpaired) electrons. The molecule has 1 heterocycles. The number of fused-ring (bicyclic) bond motifs is 1. The number of rotatable bonds is 5. The van der Waals surface area contributed by atoms with Gasteiger partial charge < -0.3 is 4.90 Å². The average Bonchev–Trinajstić information content (AvgIpc) is 2.59. The van der Waals surface area contributed by atoms with Crippen molar-refractivity contribution in [2.75, 3.05) is 16.9 Å². The highest BCUT2D eigenvalue weighted by molar-refractivity contribution is 5.88. The van der Waals surface area contributed by atoms with Gasteiger partial charge in [-0.25, -0.2) is 0 Å². The maximum absolute atomic E-state index is 4.36. The van der Waals surface area contributed by atoms with Crippen LogP contribution in [0.1, 0.15) is 45.2 Å². The summed E-state index contributed by atoms with van der Waals surface area (Å²) in [6.07, 6.45) is 5.39. The van der Waals surface area contributed by atoms with E-state index < -0.39 is 0 Å². The Morgan fingerprint density at radius 3 is 2.60 bits per heavy atom. The lowest BCUT2D eigenvalue weighted by Gasteiger charge is -2.43. The molecule has 0 fully saturated rings. The van der Waals surface area contributed by atoms with E-state index in [2.05, 4.69) is 67.4 Å². The number of allylic oxidation sites excluding steroid dienone is 1. The van der Waals surface area contributed by atoms with Crippen molar-refractivity contribution in [3.63, 3.8) is 0 Å². The quantitative estimate of drug-likeness (QED) is 0.574. The fourth-order valence-corrected chi connectivity index (χ4v) is 3.51. The largest absolute Gasteiger partial charge is 0.362 e. The molecule has 3 heteroatoms. The third kappa shape index (κ3) is 3.76. The van der Waals surface area contributed by atoms with Crippen LogP contribution >= 0.6 is 0 Å². The predicted molar refractivity (Wildman–Crippen MR) is 109 cm³/mol. The molecule has 0 spiro atoms. The van der Waals surface area contributed by atoms with Crippen molar-refractivity contribution in [1.29, 1.82) is 0 Å². The van der Waals surface area contributed by atoms with Gasteiger partial charge in [0.1, 0.15) is 0 Å². The van der Waals surface area contributed by atoms with E-state index in [1.165, 1.54) is 16.8 Å². The van der Waals surface area contributed by atoms with Gasteiger partial charge in [-0.2, -0.15) is 5.10 Å². The number of nitrogens with one attached hydrogen (secondary N) is 1. The third-order valence-corrected chi connectivity index (χ3v) is 4.63. The topological polar surface area (TPSA) is 27.6 Å². The molecule has 0 amide bonds. The first-order valence-corrected chi connectivity index (χ1v) is 8.97. The number of hydrazone groups is 1. The van der Waals surface area contributed by atoms with Gasteiger partial charge in [0.25, 0.3) is 0 Å². The highest BCUT2D eigenvalue weighted by Gasteiger charge is 2.30. The summed E-state index contributed by atoms with van der Waals surface area (Å²) in [7, 11) is 0. The number of anilines is 2. The van der Waals surface area contributed by atoms with Gasteiger partial charge in [-0.05, 0) is 62.6 Å². The lowest BCUT2D eigenvalue weighted by molar-refractivity contribution is 0.550. The van der Waals surface area contributed by atoms with Crippen molar-refractivity contribution in [2.45, 2.75) is 39.7 Å². The zero-order valence-corrected chi connectivity index (χ0v) is 15.6. The zero-order chi connectivity index (χ0) is 17.9. The Hall–Kier alpha value is -2.55. The van der Waals surface area contributed by atoms with Gasteiger partial charge in [-0.3, -0.25) is 5.43 Å². The first-order valence-electron chi connectivity index (χ1n) is 8.97. The molecule has 1 aliphatic rings. The summed E-state index contributed by atoms with van der Waals surface area (Å²) in [5, 5.41) is 4.36. The second-order valence-electron chi connectivity index (χ2n) is 7.15. The lowest BCUT2D eigenvalue weighted by Crippen LogP contribution is -2.45. The summed E-state index contributed by atoms with van der Waals surface area (Å²) in [4.78, 5) is 2.50. The van der Waals surface area contributed by atoms with Crippen LogP contribution in [0, 0.1) is 0 Å². The van der Waals surface area contributed by atoms with Crippen molar-refractivity contribution in [2.24, 2.45) is 5.10 Å². The molecule has 0 unspecified atom stereocenters. The molecule has 1 aliphatic heterocycles. The Balaban J connectivity index is 1.85. The number of para-hydroxylation sites is 1. The second-order valence-corrected chi connectivity index (χ2v) is 7.15. The van der Waals surface area contributed by atoms with Crippen molar-refractivity contribution in [3.05, 3.63) is 65.7 Å². The van der Waals surface area contributed by atoms with Crippen LogP contribution in [0.2, 0.25) is 0 Å². The molecule has 0 bridgehead atoms. The Morgan fingerprint density at radius 2 is 1.88 bits per heavy atom. The van der Waals surface area contributed by atoms with E-state index in [1.807, 2.05) is 36.5 Å². The zero-order valence-electron chi connectivity index (χ0n) is 15.6. The van der Waals surface area contributed by atoms with E-state index in [4.69, 9.17) is 0 Å². The van der Waals surface area contributed by atoms with Crippen molar-refractivity contribution in [1.82, 2.24) is 0 Å². The van der Waals surface area contributed by atoms with Crippen LogP contribution in [0.4, 0.5) is 11.4 Å². The van der Waals surface area contributed by atoms with Crippen molar-refractivity contribution < 1.29 is 0 Å². The summed E-state index contributed by atoms with van der Waals surface area (Å²) >= 11 is 0. The maximum Gasteiger partial charge on any atom is 0.0561 e. The van der Waals surface area contributed by atoms with Gasteiger partial charge >= 0.3 is 0 Å². The van der Waals surface area contributed by atoms with E-state index in [0.29, 0.717) is 0 Å². The van der Waals surface area contributed by atoms with Gasteiger partial charge in [-0.15, -0.1) is 0 Å². The minimum atomic E-state index is 0.0531. The minimum Gasteiger partial charge on any atom is -0.362 e. The Morgan fingerprint density at radius 1 is 1.12 bits per heavy atom. The second kappa shape index (κ2) is 7.14. The number of hydrogen-bond acceptors (Lipinski definition) is 3. The molecule has 25 heavy (non-hydrogen) atoms. The number of hydrogen-bond donors (Lipinski definition) is 1. The highest BCUT2D eigenvalue weighted by Crippen LogP contribution is 2.39. The van der Waals surface area contributed by atoms with E-state index >= 15 is 0 Å². The monoisotopic (exact) mass is 333 g/mol. The van der Waals surface area contributed by atoms with Crippen LogP contribution < -0.4 is 10.3 Å². The number of nitrogens with zero attached hydrogens (tertiary/aromatic N) is 2. The smallest absolute Gasteiger partial charge is 0.0561 e. The summed E-state index contributed by atoms with van der Waals surface area (Å²) in [6.45, 7) is 10.1. The SMILES string of the molecule is CCCN1c2ccc(/C=N\Nc3ccccc3)cc2C(C)=CC1(C)C. The summed E-state index contributed by atoms with van der Waals surface area (Å²) < 4.78 is 0. The van der Waals surface area contributed by atoms with Crippen molar-refractivity contribution in [3.8, 4) is 0 Å². The van der Waals surface area contributed by atoms with Crippen LogP contribution in [-0.4, -0.2) is 18.3 Å². The van der Waals surface area contributed by atoms with Crippen LogP contribution in [0.5, 0.6) is 0 Å². The predicted octanol–water partition coefficient (Wildman–Crippen LogP) is 5.54. The van der Waals surface area contributed by atoms with Crippen LogP contribution in [0.3, 0.4) is 0 Å². The van der Waals surface area contributed by atoms with Gasteiger partial charge in [0.15, 0.2) is 0 Å². The molecule has 1 N–H and O–H groups in total. The van der Waals surface area contributed by atoms with E-state index in [9.17, 15) is 0 Å². The summed E-state index contributed by atoms with van der Waals surface area (Å²) in [5.41, 5.74) is 9.17. The Bertz CT molecular complexity index is 788. The molecular weight excluding hydrogens is 306 g/mol. The van der Waals surface area contributed by atoms with Gasteiger partial charge in [0, 0.05) is 17.8 Å². The summed E-state index contributed by atoms with van der Waals surface area (Å²) in [5.74, 6) is 0. The Kier molecular flexibility index (Phi) is 4.93. The van der Waals surface area contributed by atoms with E-state index in [-0.39, 0.29) is 5.54 Å². The fourth-order valence-electron chi connectivity index (χ4n) is 3.51.